The summed E-state index contributed by atoms with van der Waals surface area (Å²) in [5.41, 5.74) is 6.40. The van der Waals surface area contributed by atoms with Crippen molar-refractivity contribution in [2.24, 2.45) is 5.10 Å². The second-order valence-corrected chi connectivity index (χ2v) is 8.33. The molecule has 9 heteroatoms. The molecule has 0 fully saturated rings. The van der Waals surface area contributed by atoms with E-state index in [0.717, 1.165) is 5.69 Å². The number of hydrogen-bond acceptors (Lipinski definition) is 6. The Hall–Kier alpha value is -4.17. The van der Waals surface area contributed by atoms with E-state index in [1.54, 1.807) is 24.3 Å². The molecule has 0 aliphatic carbocycles. The van der Waals surface area contributed by atoms with Crippen molar-refractivity contribution in [3.63, 3.8) is 0 Å². The van der Waals surface area contributed by atoms with Crippen LogP contribution >= 0.6 is 11.6 Å². The molecule has 3 heterocycles. The number of ether oxygens (including phenoxy) is 3. The third-order valence-corrected chi connectivity index (χ3v) is 5.82. The van der Waals surface area contributed by atoms with Gasteiger partial charge in [-0.2, -0.15) is 5.10 Å². The quantitative estimate of drug-likeness (QED) is 0.276. The summed E-state index contributed by atoms with van der Waals surface area (Å²) in [5, 5.41) is 4.38. The summed E-state index contributed by atoms with van der Waals surface area (Å²) >= 11 is 6.20. The maximum absolute atomic E-state index is 12.4. The molecule has 35 heavy (non-hydrogen) atoms. The molecular weight excluding hydrogens is 470 g/mol. The number of aryl methyl sites for hydroxylation is 2. The minimum absolute atomic E-state index is 0.117. The van der Waals surface area contributed by atoms with Gasteiger partial charge < -0.3 is 23.2 Å². The number of carbonyl (C=O) groups is 1. The van der Waals surface area contributed by atoms with Gasteiger partial charge in [0.2, 0.25) is 6.79 Å². The summed E-state index contributed by atoms with van der Waals surface area (Å²) < 4.78 is 24.2. The first-order valence-corrected chi connectivity index (χ1v) is 11.3. The monoisotopic (exact) mass is 491 g/mol. The lowest BCUT2D eigenvalue weighted by molar-refractivity contribution is 0.0923. The number of rotatable bonds is 7. The first-order valence-electron chi connectivity index (χ1n) is 10.9. The molecule has 0 saturated heterocycles. The zero-order valence-corrected chi connectivity index (χ0v) is 19.8. The van der Waals surface area contributed by atoms with E-state index < -0.39 is 5.91 Å². The SMILES string of the molecule is Cc1ccc(C)n1-c1ccc(OCc2ccc(C(=O)NN=Cc3cc4c(cc3Cl)OCO4)o2)cc1. The van der Waals surface area contributed by atoms with Gasteiger partial charge in [-0.25, -0.2) is 5.43 Å². The number of aromatic nitrogens is 1. The fourth-order valence-corrected chi connectivity index (χ4v) is 3.95. The summed E-state index contributed by atoms with van der Waals surface area (Å²) in [6.07, 6.45) is 1.43. The van der Waals surface area contributed by atoms with Gasteiger partial charge in [0.1, 0.15) is 18.1 Å². The van der Waals surface area contributed by atoms with E-state index in [-0.39, 0.29) is 19.2 Å². The van der Waals surface area contributed by atoms with Crippen LogP contribution < -0.4 is 19.6 Å². The third-order valence-electron chi connectivity index (χ3n) is 5.49. The van der Waals surface area contributed by atoms with Crippen LogP contribution in [0.25, 0.3) is 5.69 Å². The molecule has 0 atom stereocenters. The molecule has 178 valence electrons. The van der Waals surface area contributed by atoms with Gasteiger partial charge in [-0.3, -0.25) is 4.79 Å². The Labute approximate surface area is 206 Å². The molecule has 1 N–H and O–H groups in total. The minimum atomic E-state index is -0.494. The van der Waals surface area contributed by atoms with Crippen LogP contribution in [-0.4, -0.2) is 23.5 Å². The van der Waals surface area contributed by atoms with Gasteiger partial charge in [0, 0.05) is 28.7 Å². The van der Waals surface area contributed by atoms with Crippen LogP contribution in [0.5, 0.6) is 17.2 Å². The zero-order chi connectivity index (χ0) is 24.4. The Morgan fingerprint density at radius 2 is 1.77 bits per heavy atom. The predicted octanol–water partition coefficient (Wildman–Crippen LogP) is 5.41. The Morgan fingerprint density at radius 3 is 2.51 bits per heavy atom. The molecule has 2 aromatic carbocycles. The number of furan rings is 1. The van der Waals surface area contributed by atoms with Gasteiger partial charge >= 0.3 is 5.91 Å². The number of nitrogens with zero attached hydrogens (tertiary/aromatic N) is 2. The van der Waals surface area contributed by atoms with Gasteiger partial charge in [-0.15, -0.1) is 0 Å². The van der Waals surface area contributed by atoms with E-state index >= 15 is 0 Å². The molecule has 0 unspecified atom stereocenters. The van der Waals surface area contributed by atoms with Crippen LogP contribution in [-0.2, 0) is 6.61 Å². The molecule has 5 rings (SSSR count). The minimum Gasteiger partial charge on any atom is -0.486 e. The highest BCUT2D eigenvalue weighted by Gasteiger charge is 2.16. The lowest BCUT2D eigenvalue weighted by Crippen LogP contribution is -2.16. The third kappa shape index (κ3) is 4.88. The molecule has 0 spiro atoms. The number of halogens is 1. The van der Waals surface area contributed by atoms with E-state index in [9.17, 15) is 4.79 Å². The van der Waals surface area contributed by atoms with Gasteiger partial charge in [0.25, 0.3) is 0 Å². The Balaban J connectivity index is 1.16. The normalized spacial score (nSPS) is 12.3. The topological polar surface area (TPSA) is 87.2 Å². The van der Waals surface area contributed by atoms with E-state index in [4.69, 9.17) is 30.2 Å². The number of benzene rings is 2. The van der Waals surface area contributed by atoms with Crippen LogP contribution in [0.15, 0.2) is 70.2 Å². The molecule has 0 radical (unpaired) electrons. The maximum Gasteiger partial charge on any atom is 0.307 e. The van der Waals surface area contributed by atoms with Crippen molar-refractivity contribution in [3.8, 4) is 22.9 Å². The molecule has 0 saturated carbocycles. The van der Waals surface area contributed by atoms with E-state index in [0.29, 0.717) is 33.6 Å². The molecule has 4 aromatic rings. The van der Waals surface area contributed by atoms with Crippen LogP contribution in [0.2, 0.25) is 5.02 Å². The summed E-state index contributed by atoms with van der Waals surface area (Å²) in [7, 11) is 0. The van der Waals surface area contributed by atoms with E-state index in [1.165, 1.54) is 17.6 Å². The Bertz CT molecular complexity index is 1390. The lowest BCUT2D eigenvalue weighted by Gasteiger charge is -2.10. The van der Waals surface area contributed by atoms with E-state index in [2.05, 4.69) is 41.1 Å². The van der Waals surface area contributed by atoms with Crippen molar-refractivity contribution in [1.82, 2.24) is 9.99 Å². The highest BCUT2D eigenvalue weighted by molar-refractivity contribution is 6.33. The summed E-state index contributed by atoms with van der Waals surface area (Å²) in [6.45, 7) is 4.47. The molecule has 1 aliphatic heterocycles. The average Bonchev–Trinajstić information content (AvgIpc) is 3.58. The van der Waals surface area contributed by atoms with Gasteiger partial charge in [0.15, 0.2) is 17.3 Å². The zero-order valence-electron chi connectivity index (χ0n) is 19.1. The Morgan fingerprint density at radius 1 is 1.06 bits per heavy atom. The fraction of sp³-hybridized carbons (Fsp3) is 0.154. The number of amides is 1. The van der Waals surface area contributed by atoms with Crippen molar-refractivity contribution < 1.29 is 23.4 Å². The number of hydrazone groups is 1. The predicted molar refractivity (Wildman–Crippen MR) is 131 cm³/mol. The van der Waals surface area contributed by atoms with Crippen molar-refractivity contribution in [2.75, 3.05) is 6.79 Å². The lowest BCUT2D eigenvalue weighted by atomic mass is 10.2. The molecule has 1 aliphatic rings. The van der Waals surface area contributed by atoms with Gasteiger partial charge in [0.05, 0.1) is 11.2 Å². The van der Waals surface area contributed by atoms with Crippen LogP contribution in [0, 0.1) is 13.8 Å². The molecular formula is C26H22ClN3O5. The summed E-state index contributed by atoms with van der Waals surface area (Å²) in [5.74, 6) is 1.98. The van der Waals surface area contributed by atoms with Crippen molar-refractivity contribution in [3.05, 3.63) is 94.2 Å². The Kier molecular flexibility index (Phi) is 6.20. The van der Waals surface area contributed by atoms with Crippen molar-refractivity contribution in [2.45, 2.75) is 20.5 Å². The highest BCUT2D eigenvalue weighted by Crippen LogP contribution is 2.36. The van der Waals surface area contributed by atoms with Crippen LogP contribution in [0.4, 0.5) is 0 Å². The standard InChI is InChI=1S/C26H22ClN3O5/c1-16-3-4-17(2)30(16)19-5-7-20(8-6-19)32-14-21-9-10-23(35-21)26(31)29-28-13-18-11-24-25(12-22(18)27)34-15-33-24/h3-13H,14-15H2,1-2H3,(H,29,31). The second-order valence-electron chi connectivity index (χ2n) is 7.93. The maximum atomic E-state index is 12.4. The van der Waals surface area contributed by atoms with Crippen molar-refractivity contribution >= 4 is 23.7 Å². The molecule has 8 nitrogen and oxygen atoms in total. The molecule has 1 amide bonds. The highest BCUT2D eigenvalue weighted by atomic mass is 35.5. The summed E-state index contributed by atoms with van der Waals surface area (Å²) in [4.78, 5) is 12.4. The van der Waals surface area contributed by atoms with Gasteiger partial charge in [-0.1, -0.05) is 11.6 Å². The average molecular weight is 492 g/mol. The van der Waals surface area contributed by atoms with E-state index in [1.807, 2.05) is 24.3 Å². The molecule has 0 bridgehead atoms. The largest absolute Gasteiger partial charge is 0.486 e. The first kappa shape index (κ1) is 22.6. The fourth-order valence-electron chi connectivity index (χ4n) is 3.75. The van der Waals surface area contributed by atoms with Crippen LogP contribution in [0.3, 0.4) is 0 Å². The van der Waals surface area contributed by atoms with Crippen molar-refractivity contribution in [1.29, 1.82) is 0 Å². The number of nitrogens with one attached hydrogen (secondary N) is 1. The smallest absolute Gasteiger partial charge is 0.307 e. The number of fused-ring (bicyclic) bond motifs is 1. The first-order chi connectivity index (χ1) is 17.0. The second kappa shape index (κ2) is 9.60. The number of carbonyl (C=O) groups excluding carboxylic acids is 1. The van der Waals surface area contributed by atoms with Gasteiger partial charge in [-0.05, 0) is 68.4 Å². The van der Waals surface area contributed by atoms with Crippen LogP contribution in [0.1, 0.15) is 33.3 Å². The summed E-state index contributed by atoms with van der Waals surface area (Å²) in [6, 6.07) is 18.6. The molecule has 2 aromatic heterocycles. The number of hydrogen-bond donors (Lipinski definition) is 1.